The van der Waals surface area contributed by atoms with Gasteiger partial charge in [-0.25, -0.2) is 0 Å². The number of hydrogen-bond donors (Lipinski definition) is 2. The van der Waals surface area contributed by atoms with E-state index in [9.17, 15) is 15.1 Å². The minimum absolute atomic E-state index is 0.0439. The number of nitrogens with zero attached hydrogens (tertiary/aromatic N) is 1. The van der Waals surface area contributed by atoms with Gasteiger partial charge in [0.05, 0.1) is 11.7 Å². The maximum absolute atomic E-state index is 11.7. The third-order valence-electron chi connectivity index (χ3n) is 10.5. The summed E-state index contributed by atoms with van der Waals surface area (Å²) in [5, 5.41) is 25.6. The van der Waals surface area contributed by atoms with Crippen molar-refractivity contribution in [2.45, 2.75) is 76.5 Å². The zero-order valence-corrected chi connectivity index (χ0v) is 15.4. The number of fused-ring (bicyclic) bond motifs is 10. The van der Waals surface area contributed by atoms with Crippen LogP contribution in [0.4, 0.5) is 0 Å². The van der Waals surface area contributed by atoms with Crippen LogP contribution < -0.4 is 0 Å². The first-order chi connectivity index (χ1) is 11.8. The normalized spacial score (nSPS) is 69.5. The molecular weight excluding hydrogens is 314 g/mol. The largest absolute Gasteiger partial charge is 0.393 e. The molecule has 6 fully saturated rings. The first kappa shape index (κ1) is 15.6. The molecule has 6 unspecified atom stereocenters. The quantitative estimate of drug-likeness (QED) is 0.716. The summed E-state index contributed by atoms with van der Waals surface area (Å²) in [5.41, 5.74) is -0.593. The third-order valence-corrected chi connectivity index (χ3v) is 10.5. The maximum Gasteiger partial charge on any atom is 0.101 e. The van der Waals surface area contributed by atoms with Gasteiger partial charge in [-0.05, 0) is 90.8 Å². The SMILES string of the molecule is CC12CCC3C(C1[C@@H]1C[C@@H]1C2N=O)[C@H]1C[C@H]1[C@]1(O)C[C@@H](O)CCC31C. The minimum atomic E-state index is -0.659. The van der Waals surface area contributed by atoms with E-state index in [0.29, 0.717) is 41.9 Å². The maximum atomic E-state index is 11.7. The van der Waals surface area contributed by atoms with E-state index in [0.717, 1.165) is 38.0 Å². The number of aliphatic hydroxyl groups excluding tert-OH is 1. The molecule has 0 bridgehead atoms. The molecule has 4 nitrogen and oxygen atoms in total. The molecule has 25 heavy (non-hydrogen) atoms. The molecule has 0 amide bonds. The van der Waals surface area contributed by atoms with E-state index < -0.39 is 5.60 Å². The summed E-state index contributed by atoms with van der Waals surface area (Å²) in [4.78, 5) is 11.6. The van der Waals surface area contributed by atoms with Gasteiger partial charge in [-0.15, -0.1) is 0 Å². The second-order valence-corrected chi connectivity index (χ2v) is 11.1. The summed E-state index contributed by atoms with van der Waals surface area (Å²) in [5.74, 6) is 4.21. The lowest BCUT2D eigenvalue weighted by Crippen LogP contribution is -2.64. The molecule has 2 N–H and O–H groups in total. The van der Waals surface area contributed by atoms with Crippen LogP contribution in [0.1, 0.15) is 58.8 Å². The van der Waals surface area contributed by atoms with Crippen LogP contribution in [0.2, 0.25) is 0 Å². The lowest BCUT2D eigenvalue weighted by atomic mass is 9.43. The smallest absolute Gasteiger partial charge is 0.101 e. The average Bonchev–Trinajstić information content (AvgIpc) is 3.45. The van der Waals surface area contributed by atoms with Gasteiger partial charge in [-0.2, -0.15) is 4.91 Å². The first-order valence-electron chi connectivity index (χ1n) is 10.6. The molecular formula is C21H31NO3. The van der Waals surface area contributed by atoms with Crippen molar-refractivity contribution in [1.29, 1.82) is 0 Å². The van der Waals surface area contributed by atoms with Crippen LogP contribution in [0.3, 0.4) is 0 Å². The van der Waals surface area contributed by atoms with Crippen LogP contribution in [-0.4, -0.2) is 28.0 Å². The molecule has 0 aliphatic heterocycles. The lowest BCUT2D eigenvalue weighted by molar-refractivity contribution is -0.226. The summed E-state index contributed by atoms with van der Waals surface area (Å²) in [6.07, 6.45) is 6.66. The van der Waals surface area contributed by atoms with Crippen molar-refractivity contribution in [2.24, 2.45) is 57.4 Å². The van der Waals surface area contributed by atoms with Gasteiger partial charge < -0.3 is 10.2 Å². The molecule has 0 aromatic carbocycles. The fourth-order valence-electron chi connectivity index (χ4n) is 9.29. The standard InChI is InChI=1S/C21H31NO3/c1-19-5-4-14-16(17(19)11-7-12(11)18(19)22-25)13-8-15(13)21(24)9-10(23)3-6-20(14,21)2/h10-18,23-24H,3-9H2,1-2H3/t10-,11+,12-,13-,14?,15+,16?,17?,18?,19?,20?,21+/m0/s1. The predicted octanol–water partition coefficient (Wildman–Crippen LogP) is 3.35. The van der Waals surface area contributed by atoms with Gasteiger partial charge in [0, 0.05) is 6.42 Å². The van der Waals surface area contributed by atoms with E-state index in [1.165, 1.54) is 6.42 Å². The Morgan fingerprint density at radius 2 is 1.80 bits per heavy atom. The molecule has 6 saturated carbocycles. The zero-order valence-electron chi connectivity index (χ0n) is 15.4. The van der Waals surface area contributed by atoms with Gasteiger partial charge in [0.15, 0.2) is 0 Å². The molecule has 6 aliphatic rings. The van der Waals surface area contributed by atoms with E-state index >= 15 is 0 Å². The van der Waals surface area contributed by atoms with Crippen molar-refractivity contribution in [3.05, 3.63) is 4.91 Å². The Kier molecular flexibility index (Phi) is 2.69. The van der Waals surface area contributed by atoms with Crippen LogP contribution in [0.5, 0.6) is 0 Å². The van der Waals surface area contributed by atoms with Crippen LogP contribution in [0.25, 0.3) is 0 Å². The van der Waals surface area contributed by atoms with E-state index in [1.54, 1.807) is 0 Å². The molecule has 0 aromatic rings. The highest BCUT2D eigenvalue weighted by atomic mass is 16.3. The van der Waals surface area contributed by atoms with Gasteiger partial charge in [0.25, 0.3) is 0 Å². The number of rotatable bonds is 1. The van der Waals surface area contributed by atoms with E-state index in [1.807, 2.05) is 0 Å². The minimum Gasteiger partial charge on any atom is -0.393 e. The van der Waals surface area contributed by atoms with Gasteiger partial charge in [0.1, 0.15) is 6.04 Å². The van der Waals surface area contributed by atoms with Crippen molar-refractivity contribution < 1.29 is 10.2 Å². The Balaban J connectivity index is 1.43. The molecule has 6 rings (SSSR count). The first-order valence-corrected chi connectivity index (χ1v) is 10.6. The second-order valence-electron chi connectivity index (χ2n) is 11.1. The van der Waals surface area contributed by atoms with Crippen molar-refractivity contribution in [3.63, 3.8) is 0 Å². The summed E-state index contributed by atoms with van der Waals surface area (Å²) in [7, 11) is 0. The van der Waals surface area contributed by atoms with Crippen LogP contribution in [0, 0.1) is 57.2 Å². The van der Waals surface area contributed by atoms with Crippen LogP contribution >= 0.6 is 0 Å². The zero-order chi connectivity index (χ0) is 17.4. The molecule has 6 aliphatic carbocycles. The summed E-state index contributed by atoms with van der Waals surface area (Å²) in [6.45, 7) is 4.69. The van der Waals surface area contributed by atoms with Gasteiger partial charge in [0.2, 0.25) is 0 Å². The lowest BCUT2D eigenvalue weighted by Gasteiger charge is -2.63. The van der Waals surface area contributed by atoms with Crippen LogP contribution in [0.15, 0.2) is 5.18 Å². The summed E-state index contributed by atoms with van der Waals surface area (Å²) >= 11 is 0. The van der Waals surface area contributed by atoms with E-state index in [-0.39, 0.29) is 23.0 Å². The Morgan fingerprint density at radius 1 is 1.00 bits per heavy atom. The molecule has 138 valence electrons. The molecule has 0 saturated heterocycles. The Labute approximate surface area is 149 Å². The van der Waals surface area contributed by atoms with Crippen molar-refractivity contribution >= 4 is 0 Å². The molecule has 12 atom stereocenters. The molecule has 0 radical (unpaired) electrons. The highest BCUT2D eigenvalue weighted by Gasteiger charge is 2.78. The van der Waals surface area contributed by atoms with Crippen molar-refractivity contribution in [1.82, 2.24) is 0 Å². The van der Waals surface area contributed by atoms with Gasteiger partial charge >= 0.3 is 0 Å². The Bertz CT molecular complexity index is 653. The molecule has 0 aromatic heterocycles. The molecule has 0 spiro atoms. The van der Waals surface area contributed by atoms with Crippen molar-refractivity contribution in [3.8, 4) is 0 Å². The average molecular weight is 345 g/mol. The van der Waals surface area contributed by atoms with Crippen molar-refractivity contribution in [2.75, 3.05) is 0 Å². The fraction of sp³-hybridized carbons (Fsp3) is 1.00. The third kappa shape index (κ3) is 1.56. The number of nitroso groups, excluding NO2 is 1. The Morgan fingerprint density at radius 3 is 2.56 bits per heavy atom. The number of hydrogen-bond acceptors (Lipinski definition) is 4. The van der Waals surface area contributed by atoms with Gasteiger partial charge in [-0.3, -0.25) is 0 Å². The van der Waals surface area contributed by atoms with E-state index in [2.05, 4.69) is 19.0 Å². The highest BCUT2D eigenvalue weighted by molar-refractivity contribution is 5.27. The summed E-state index contributed by atoms with van der Waals surface area (Å²) < 4.78 is 0. The second kappa shape index (κ2) is 4.32. The summed E-state index contributed by atoms with van der Waals surface area (Å²) in [6, 6.07) is 0.0439. The molecule has 4 heteroatoms. The topological polar surface area (TPSA) is 69.9 Å². The number of aliphatic hydroxyl groups is 2. The predicted molar refractivity (Wildman–Crippen MR) is 93.5 cm³/mol. The molecule has 0 heterocycles. The van der Waals surface area contributed by atoms with Crippen LogP contribution in [-0.2, 0) is 0 Å². The van der Waals surface area contributed by atoms with E-state index in [4.69, 9.17) is 0 Å². The highest BCUT2D eigenvalue weighted by Crippen LogP contribution is 2.80. The Hall–Kier alpha value is -0.480. The monoisotopic (exact) mass is 345 g/mol. The van der Waals surface area contributed by atoms with Gasteiger partial charge in [-0.1, -0.05) is 19.0 Å². The fourth-order valence-corrected chi connectivity index (χ4v) is 9.29.